The Morgan fingerprint density at radius 2 is 1.22 bits per heavy atom. The van der Waals surface area contributed by atoms with Gasteiger partial charge in [0.25, 0.3) is 0 Å². The van der Waals surface area contributed by atoms with E-state index in [4.69, 9.17) is 8.85 Å². The Morgan fingerprint density at radius 3 is 1.44 bits per heavy atom. The summed E-state index contributed by atoms with van der Waals surface area (Å²) in [4.78, 5) is 0. The Bertz CT molecular complexity index is 56.1. The van der Waals surface area contributed by atoms with Crippen LogP contribution in [0.4, 0.5) is 0 Å². The Labute approximate surface area is 59.6 Å². The molecule has 0 aromatic heterocycles. The highest BCUT2D eigenvalue weighted by molar-refractivity contribution is 6.18. The van der Waals surface area contributed by atoms with Gasteiger partial charge >= 0.3 is 10.0 Å². The van der Waals surface area contributed by atoms with E-state index in [2.05, 4.69) is 0 Å². The molecule has 0 saturated carbocycles. The van der Waals surface area contributed by atoms with Gasteiger partial charge in [0.1, 0.15) is 0 Å². The van der Waals surface area contributed by atoms with Crippen molar-refractivity contribution in [2.45, 2.75) is 39.9 Å². The molecule has 0 spiro atoms. The van der Waals surface area contributed by atoms with Crippen molar-refractivity contribution < 1.29 is 8.85 Å². The van der Waals surface area contributed by atoms with Crippen LogP contribution in [0.2, 0.25) is 0 Å². The van der Waals surface area contributed by atoms with Crippen LogP contribution in [-0.2, 0) is 8.85 Å². The minimum atomic E-state index is -0.684. The second kappa shape index (κ2) is 4.96. The van der Waals surface area contributed by atoms with Crippen molar-refractivity contribution in [1.82, 2.24) is 0 Å². The topological polar surface area (TPSA) is 18.5 Å². The van der Waals surface area contributed by atoms with Gasteiger partial charge in [-0.1, -0.05) is 0 Å². The summed E-state index contributed by atoms with van der Waals surface area (Å²) >= 11 is 0. The lowest BCUT2D eigenvalue weighted by Gasteiger charge is -2.09. The highest BCUT2D eigenvalue weighted by Crippen LogP contribution is 1.89. The summed E-state index contributed by atoms with van der Waals surface area (Å²) in [7, 11) is -0.684. The van der Waals surface area contributed by atoms with Gasteiger partial charge in [0.05, 0.1) is 0 Å². The fraction of sp³-hybridized carbons (Fsp3) is 1.00. The Morgan fingerprint density at radius 1 is 0.889 bits per heavy atom. The molecule has 0 rings (SSSR count). The molecule has 3 heteroatoms. The van der Waals surface area contributed by atoms with E-state index in [1.54, 1.807) is 0 Å². The normalized spacial score (nSPS) is 11.3. The first-order valence-electron chi connectivity index (χ1n) is 3.36. The second-order valence-electron chi connectivity index (χ2n) is 2.55. The van der Waals surface area contributed by atoms with Gasteiger partial charge in [0.2, 0.25) is 0 Å². The van der Waals surface area contributed by atoms with Crippen molar-refractivity contribution in [3.63, 3.8) is 0 Å². The third kappa shape index (κ3) is 8.14. The standard InChI is InChI=1S/C6H16O2Si/c1-5(2)7-9-8-6(3)4/h5-6H,9H2,1-4H3. The van der Waals surface area contributed by atoms with E-state index in [9.17, 15) is 0 Å². The molecule has 56 valence electrons. The van der Waals surface area contributed by atoms with E-state index < -0.39 is 10.0 Å². The molecule has 9 heavy (non-hydrogen) atoms. The quantitative estimate of drug-likeness (QED) is 0.550. The summed E-state index contributed by atoms with van der Waals surface area (Å²) in [6.07, 6.45) is 0.658. The van der Waals surface area contributed by atoms with Gasteiger partial charge < -0.3 is 8.85 Å². The Hall–Kier alpha value is 0.137. The van der Waals surface area contributed by atoms with Gasteiger partial charge in [-0.2, -0.15) is 0 Å². The van der Waals surface area contributed by atoms with Crippen molar-refractivity contribution in [3.8, 4) is 0 Å². The molecule has 0 aliphatic rings. The first-order valence-corrected chi connectivity index (χ1v) is 4.51. The zero-order valence-corrected chi connectivity index (χ0v) is 8.09. The van der Waals surface area contributed by atoms with Crippen molar-refractivity contribution in [2.75, 3.05) is 0 Å². The maximum absolute atomic E-state index is 5.27. The molecule has 0 bridgehead atoms. The van der Waals surface area contributed by atoms with Crippen LogP contribution >= 0.6 is 0 Å². The largest absolute Gasteiger partial charge is 0.396 e. The van der Waals surface area contributed by atoms with Crippen LogP contribution in [0.15, 0.2) is 0 Å². The van der Waals surface area contributed by atoms with Crippen LogP contribution in [0.25, 0.3) is 0 Å². The first-order chi connectivity index (χ1) is 4.13. The Balaban J connectivity index is 2.91. The van der Waals surface area contributed by atoms with E-state index in [0.717, 1.165) is 0 Å². The molecule has 0 N–H and O–H groups in total. The van der Waals surface area contributed by atoms with Crippen LogP contribution in [-0.4, -0.2) is 22.2 Å². The minimum Gasteiger partial charge on any atom is -0.396 e. The molecule has 0 radical (unpaired) electrons. The first kappa shape index (κ1) is 9.14. The number of hydrogen-bond acceptors (Lipinski definition) is 2. The minimum absolute atomic E-state index is 0.329. The van der Waals surface area contributed by atoms with Gasteiger partial charge in [-0.15, -0.1) is 0 Å². The second-order valence-corrected chi connectivity index (χ2v) is 3.45. The van der Waals surface area contributed by atoms with Gasteiger partial charge in [0.15, 0.2) is 0 Å². The molecule has 0 aliphatic carbocycles. The summed E-state index contributed by atoms with van der Waals surface area (Å²) in [5.74, 6) is 0. The molecule has 0 aromatic rings. The maximum atomic E-state index is 5.27. The lowest BCUT2D eigenvalue weighted by molar-refractivity contribution is 0.152. The smallest absolute Gasteiger partial charge is 0.304 e. The van der Waals surface area contributed by atoms with Gasteiger partial charge in [-0.3, -0.25) is 0 Å². The van der Waals surface area contributed by atoms with Crippen molar-refractivity contribution in [1.29, 1.82) is 0 Å². The van der Waals surface area contributed by atoms with E-state index in [1.165, 1.54) is 0 Å². The molecule has 0 heterocycles. The van der Waals surface area contributed by atoms with E-state index in [-0.39, 0.29) is 0 Å². The summed E-state index contributed by atoms with van der Waals surface area (Å²) < 4.78 is 10.5. The highest BCUT2D eigenvalue weighted by atomic mass is 28.3. The predicted molar refractivity (Wildman–Crippen MR) is 41.0 cm³/mol. The average molecular weight is 148 g/mol. The maximum Gasteiger partial charge on any atom is 0.304 e. The zero-order chi connectivity index (χ0) is 7.28. The lowest BCUT2D eigenvalue weighted by atomic mass is 10.5. The van der Waals surface area contributed by atoms with Crippen molar-refractivity contribution >= 4 is 10.0 Å². The van der Waals surface area contributed by atoms with E-state index >= 15 is 0 Å². The fourth-order valence-electron chi connectivity index (χ4n) is 0.311. The van der Waals surface area contributed by atoms with Gasteiger partial charge in [0, 0.05) is 12.2 Å². The van der Waals surface area contributed by atoms with E-state index in [0.29, 0.717) is 12.2 Å². The molecule has 0 amide bonds. The fourth-order valence-corrected chi connectivity index (χ4v) is 0.934. The zero-order valence-electron chi connectivity index (χ0n) is 6.68. The molecule has 0 fully saturated rings. The third-order valence-corrected chi connectivity index (χ3v) is 2.41. The van der Waals surface area contributed by atoms with E-state index in [1.807, 2.05) is 27.7 Å². The molecular formula is C6H16O2Si. The van der Waals surface area contributed by atoms with Crippen LogP contribution in [0, 0.1) is 0 Å². The van der Waals surface area contributed by atoms with Crippen LogP contribution < -0.4 is 0 Å². The number of rotatable bonds is 4. The molecular weight excluding hydrogens is 132 g/mol. The van der Waals surface area contributed by atoms with Crippen molar-refractivity contribution in [2.24, 2.45) is 0 Å². The summed E-state index contributed by atoms with van der Waals surface area (Å²) in [5, 5.41) is 0. The molecule has 0 saturated heterocycles. The summed E-state index contributed by atoms with van der Waals surface area (Å²) in [5.41, 5.74) is 0. The Kier molecular flexibility index (Phi) is 5.04. The van der Waals surface area contributed by atoms with Crippen molar-refractivity contribution in [3.05, 3.63) is 0 Å². The molecule has 0 atom stereocenters. The van der Waals surface area contributed by atoms with Crippen LogP contribution in [0.5, 0.6) is 0 Å². The molecule has 0 aromatic carbocycles. The summed E-state index contributed by atoms with van der Waals surface area (Å²) in [6, 6.07) is 0. The molecule has 2 nitrogen and oxygen atoms in total. The lowest BCUT2D eigenvalue weighted by Crippen LogP contribution is -2.14. The monoisotopic (exact) mass is 148 g/mol. The van der Waals surface area contributed by atoms with Crippen LogP contribution in [0.3, 0.4) is 0 Å². The van der Waals surface area contributed by atoms with Crippen LogP contribution in [0.1, 0.15) is 27.7 Å². The average Bonchev–Trinajstić information content (AvgIpc) is 1.63. The summed E-state index contributed by atoms with van der Waals surface area (Å²) in [6.45, 7) is 8.10. The van der Waals surface area contributed by atoms with Gasteiger partial charge in [-0.05, 0) is 27.7 Å². The third-order valence-electron chi connectivity index (χ3n) is 0.803. The van der Waals surface area contributed by atoms with Gasteiger partial charge in [-0.25, -0.2) is 0 Å². The SMILES string of the molecule is CC(C)O[SiH2]OC(C)C. The number of hydrogen-bond donors (Lipinski definition) is 0. The predicted octanol–water partition coefficient (Wildman–Crippen LogP) is 0.835. The highest BCUT2D eigenvalue weighted by Gasteiger charge is 1.95. The molecule has 0 aliphatic heterocycles. The molecule has 0 unspecified atom stereocenters.